The quantitative estimate of drug-likeness (QED) is 0.633. The molecule has 0 radical (unpaired) electrons. The summed E-state index contributed by atoms with van der Waals surface area (Å²) in [4.78, 5) is 11.9. The monoisotopic (exact) mass is 434 g/mol. The van der Waals surface area contributed by atoms with Crippen LogP contribution >= 0.6 is 11.8 Å². The van der Waals surface area contributed by atoms with Gasteiger partial charge in [0.15, 0.2) is 11.6 Å². The highest BCUT2D eigenvalue weighted by Crippen LogP contribution is 2.76. The first-order valence-electron chi connectivity index (χ1n) is 11.7. The summed E-state index contributed by atoms with van der Waals surface area (Å²) < 4.78 is 13.2. The average Bonchev–Trinajstić information content (AvgIpc) is 3.05. The SMILES string of the molecule is CS[C@@]12OC(C)(C)O[C@@H]1CC1C3C[C@H](C)C4=CC(=O)CC[C@]4(C)[C@@]3(C)[C@@H](O)C[C@@]12C. The summed E-state index contributed by atoms with van der Waals surface area (Å²) >= 11 is 1.79. The molecule has 5 aliphatic rings. The van der Waals surface area contributed by atoms with Gasteiger partial charge in [-0.15, -0.1) is 11.8 Å². The number of aliphatic hydroxyl groups is 1. The number of fused-ring (bicyclic) bond motifs is 7. The summed E-state index contributed by atoms with van der Waals surface area (Å²) in [6.45, 7) is 13.3. The van der Waals surface area contributed by atoms with Crippen LogP contribution < -0.4 is 0 Å². The summed E-state index contributed by atoms with van der Waals surface area (Å²) in [6.07, 6.45) is 7.91. The lowest BCUT2D eigenvalue weighted by atomic mass is 9.38. The first-order valence-corrected chi connectivity index (χ1v) is 12.9. The number of allylic oxidation sites excluding steroid dienone is 1. The Labute approximate surface area is 185 Å². The van der Waals surface area contributed by atoms with Crippen LogP contribution in [-0.4, -0.2) is 40.1 Å². The summed E-state index contributed by atoms with van der Waals surface area (Å²) in [5, 5.41) is 11.9. The largest absolute Gasteiger partial charge is 0.392 e. The van der Waals surface area contributed by atoms with E-state index in [1.165, 1.54) is 5.57 Å². The fraction of sp³-hybridized carbons (Fsp3) is 0.880. The van der Waals surface area contributed by atoms with Crippen molar-refractivity contribution in [3.63, 3.8) is 0 Å². The van der Waals surface area contributed by atoms with Gasteiger partial charge in [-0.1, -0.05) is 33.3 Å². The highest BCUT2D eigenvalue weighted by molar-refractivity contribution is 7.99. The Balaban J connectivity index is 1.63. The number of ketones is 1. The molecule has 0 aromatic heterocycles. The topological polar surface area (TPSA) is 55.8 Å². The van der Waals surface area contributed by atoms with Crippen molar-refractivity contribution >= 4 is 17.5 Å². The maximum atomic E-state index is 12.3. The zero-order valence-electron chi connectivity index (χ0n) is 19.6. The van der Waals surface area contributed by atoms with Crippen LogP contribution in [0.15, 0.2) is 11.6 Å². The lowest BCUT2D eigenvalue weighted by Crippen LogP contribution is -2.66. The van der Waals surface area contributed by atoms with Gasteiger partial charge in [-0.2, -0.15) is 0 Å². The van der Waals surface area contributed by atoms with E-state index in [-0.39, 0.29) is 28.1 Å². The molecule has 4 fully saturated rings. The summed E-state index contributed by atoms with van der Waals surface area (Å²) in [7, 11) is 0. The van der Waals surface area contributed by atoms with Crippen molar-refractivity contribution in [2.45, 2.75) is 96.6 Å². The molecule has 9 atom stereocenters. The van der Waals surface area contributed by atoms with Crippen LogP contribution in [0.5, 0.6) is 0 Å². The van der Waals surface area contributed by atoms with Crippen molar-refractivity contribution < 1.29 is 19.4 Å². The maximum Gasteiger partial charge on any atom is 0.165 e. The molecule has 0 amide bonds. The minimum Gasteiger partial charge on any atom is -0.392 e. The van der Waals surface area contributed by atoms with Gasteiger partial charge in [0.1, 0.15) is 11.0 Å². The van der Waals surface area contributed by atoms with E-state index in [2.05, 4.69) is 34.0 Å². The minimum atomic E-state index is -0.584. The number of hydrogen-bond donors (Lipinski definition) is 1. The van der Waals surface area contributed by atoms with Crippen LogP contribution in [0, 0.1) is 34.0 Å². The fourth-order valence-corrected chi connectivity index (χ4v) is 10.2. The third kappa shape index (κ3) is 2.29. The van der Waals surface area contributed by atoms with Gasteiger partial charge in [-0.05, 0) is 75.0 Å². The molecule has 3 saturated carbocycles. The van der Waals surface area contributed by atoms with Crippen molar-refractivity contribution in [1.29, 1.82) is 0 Å². The number of aliphatic hydroxyl groups excluding tert-OH is 1. The molecule has 0 aromatic carbocycles. The van der Waals surface area contributed by atoms with E-state index in [1.54, 1.807) is 11.8 Å². The Morgan fingerprint density at radius 3 is 2.50 bits per heavy atom. The zero-order valence-corrected chi connectivity index (χ0v) is 20.4. The van der Waals surface area contributed by atoms with Gasteiger partial charge >= 0.3 is 0 Å². The van der Waals surface area contributed by atoms with E-state index in [0.717, 1.165) is 25.7 Å². The third-order valence-electron chi connectivity index (χ3n) is 10.4. The number of rotatable bonds is 1. The van der Waals surface area contributed by atoms with E-state index < -0.39 is 16.8 Å². The van der Waals surface area contributed by atoms with Crippen molar-refractivity contribution in [3.8, 4) is 0 Å². The van der Waals surface area contributed by atoms with Gasteiger partial charge in [-0.3, -0.25) is 4.79 Å². The van der Waals surface area contributed by atoms with Gasteiger partial charge in [0.05, 0.1) is 6.10 Å². The standard InChI is InChI=1S/C25H38O4S/c1-14-10-18-17-12-20-25(30-7,29-21(2,3)28-20)23(17,5)13-19(27)24(18,6)22(4)9-8-15(26)11-16(14)22/h11,14,17-20,27H,8-10,12-13H2,1-7H3/t14-,17?,18?,19-,20+,22-,23-,24+,25-/m0/s1. The van der Waals surface area contributed by atoms with Crippen LogP contribution in [0.1, 0.15) is 73.6 Å². The van der Waals surface area contributed by atoms with Gasteiger partial charge in [0.25, 0.3) is 0 Å². The van der Waals surface area contributed by atoms with Crippen molar-refractivity contribution in [2.75, 3.05) is 6.26 Å². The summed E-state index contributed by atoms with van der Waals surface area (Å²) in [5.74, 6) is 0.876. The lowest BCUT2D eigenvalue weighted by molar-refractivity contribution is -0.233. The molecule has 4 nitrogen and oxygen atoms in total. The van der Waals surface area contributed by atoms with Crippen LogP contribution in [0.2, 0.25) is 0 Å². The molecule has 0 bridgehead atoms. The molecule has 5 rings (SSSR count). The average molecular weight is 435 g/mol. The van der Waals surface area contributed by atoms with E-state index in [4.69, 9.17) is 9.47 Å². The second-order valence-corrected chi connectivity index (χ2v) is 12.9. The van der Waals surface area contributed by atoms with Crippen molar-refractivity contribution in [2.24, 2.45) is 34.0 Å². The Hall–Kier alpha value is -0.360. The smallest absolute Gasteiger partial charge is 0.165 e. The van der Waals surface area contributed by atoms with Crippen LogP contribution in [0.25, 0.3) is 0 Å². The molecule has 168 valence electrons. The van der Waals surface area contributed by atoms with Crippen molar-refractivity contribution in [3.05, 3.63) is 11.6 Å². The molecule has 2 unspecified atom stereocenters. The molecule has 1 aliphatic heterocycles. The number of thioether (sulfide) groups is 1. The number of carbonyl (C=O) groups excluding carboxylic acids is 1. The third-order valence-corrected chi connectivity index (χ3v) is 11.8. The predicted molar refractivity (Wildman–Crippen MR) is 119 cm³/mol. The Bertz CT molecular complexity index is 822. The molecule has 0 spiro atoms. The molecule has 1 heterocycles. The number of hydrogen-bond acceptors (Lipinski definition) is 5. The van der Waals surface area contributed by atoms with Gasteiger partial charge in [0.2, 0.25) is 0 Å². The molecule has 1 saturated heterocycles. The maximum absolute atomic E-state index is 12.3. The fourth-order valence-electron chi connectivity index (χ4n) is 8.78. The predicted octanol–water partition coefficient (Wildman–Crippen LogP) is 4.95. The molecule has 5 heteroatoms. The Morgan fingerprint density at radius 1 is 1.13 bits per heavy atom. The molecule has 30 heavy (non-hydrogen) atoms. The second-order valence-electron chi connectivity index (χ2n) is 11.9. The lowest BCUT2D eigenvalue weighted by Gasteiger charge is -2.67. The normalized spacial score (nSPS) is 56.6. The van der Waals surface area contributed by atoms with Gasteiger partial charge < -0.3 is 14.6 Å². The summed E-state index contributed by atoms with van der Waals surface area (Å²) in [5.41, 5.74) is 0.779. The molecular formula is C25H38O4S. The van der Waals surface area contributed by atoms with Crippen LogP contribution in [0.3, 0.4) is 0 Å². The molecule has 4 aliphatic carbocycles. The zero-order chi connectivity index (χ0) is 21.9. The first-order chi connectivity index (χ1) is 13.8. The van der Waals surface area contributed by atoms with E-state index in [1.807, 2.05) is 19.9 Å². The second kappa shape index (κ2) is 6.15. The van der Waals surface area contributed by atoms with E-state index >= 15 is 0 Å². The Morgan fingerprint density at radius 2 is 1.83 bits per heavy atom. The molecular weight excluding hydrogens is 396 g/mol. The molecule has 0 aromatic rings. The number of carbonyl (C=O) groups is 1. The molecule has 1 N–H and O–H groups in total. The van der Waals surface area contributed by atoms with Gasteiger partial charge in [0, 0.05) is 17.3 Å². The first kappa shape index (κ1) is 21.5. The van der Waals surface area contributed by atoms with Crippen LogP contribution in [0.4, 0.5) is 0 Å². The minimum absolute atomic E-state index is 0.0556. The van der Waals surface area contributed by atoms with Crippen LogP contribution in [-0.2, 0) is 14.3 Å². The highest BCUT2D eigenvalue weighted by atomic mass is 32.2. The number of ether oxygens (including phenoxy) is 2. The Kier molecular flexibility index (Phi) is 4.41. The van der Waals surface area contributed by atoms with Crippen molar-refractivity contribution in [1.82, 2.24) is 0 Å². The highest BCUT2D eigenvalue weighted by Gasteiger charge is 2.77. The van der Waals surface area contributed by atoms with E-state index in [9.17, 15) is 9.90 Å². The van der Waals surface area contributed by atoms with Gasteiger partial charge in [-0.25, -0.2) is 0 Å². The van der Waals surface area contributed by atoms with E-state index in [0.29, 0.717) is 24.2 Å². The summed E-state index contributed by atoms with van der Waals surface area (Å²) in [6, 6.07) is 0.